The maximum atomic E-state index is 9.42. The normalized spacial score (nSPS) is 18.4. The summed E-state index contributed by atoms with van der Waals surface area (Å²) in [5.74, 6) is 0.191. The highest BCUT2D eigenvalue weighted by Gasteiger charge is 2.20. The Morgan fingerprint density at radius 1 is 1.50 bits per heavy atom. The van der Waals surface area contributed by atoms with Gasteiger partial charge in [-0.1, -0.05) is 48.4 Å². The van der Waals surface area contributed by atoms with E-state index in [0.717, 1.165) is 30.4 Å². The van der Waals surface area contributed by atoms with Gasteiger partial charge in [-0.15, -0.1) is 0 Å². The van der Waals surface area contributed by atoms with Crippen LogP contribution >= 0.6 is 11.6 Å². The van der Waals surface area contributed by atoms with E-state index in [9.17, 15) is 5.11 Å². The molecule has 1 N–H and O–H groups in total. The Morgan fingerprint density at radius 2 is 2.27 bits per heavy atom. The molecule has 0 saturated carbocycles. The van der Waals surface area contributed by atoms with Crippen LogP contribution in [0.3, 0.4) is 0 Å². The van der Waals surface area contributed by atoms with E-state index in [2.05, 4.69) is 25.7 Å². The highest BCUT2D eigenvalue weighted by molar-refractivity contribution is 6.32. The van der Waals surface area contributed by atoms with Gasteiger partial charge >= 0.3 is 0 Å². The van der Waals surface area contributed by atoms with Crippen LogP contribution in [0.15, 0.2) is 47.6 Å². The molecule has 3 heteroatoms. The van der Waals surface area contributed by atoms with Gasteiger partial charge in [0.15, 0.2) is 0 Å². The van der Waals surface area contributed by atoms with Crippen molar-refractivity contribution >= 4 is 17.7 Å². The number of phenols is 1. The Kier molecular flexibility index (Phi) is 5.87. The number of halogens is 1. The first-order valence-electron chi connectivity index (χ1n) is 7.66. The standard InChI is InChI=1S/C19H23ClO2/c1-4-14(11-15-6-7-16(21)12-18(15)20)5-8-19-17(13(2)3)9-10-22-19/h6-7,9,11-12,19,21H,2,4-5,8,10H2,1,3H3/b14-11+. The summed E-state index contributed by atoms with van der Waals surface area (Å²) in [6.45, 7) is 8.87. The van der Waals surface area contributed by atoms with Crippen LogP contribution in [0.2, 0.25) is 5.02 Å². The van der Waals surface area contributed by atoms with Gasteiger partial charge in [-0.05, 0) is 55.5 Å². The summed E-state index contributed by atoms with van der Waals surface area (Å²) in [6.07, 6.45) is 7.27. The van der Waals surface area contributed by atoms with Gasteiger partial charge in [0.2, 0.25) is 0 Å². The van der Waals surface area contributed by atoms with Gasteiger partial charge in [0.1, 0.15) is 5.75 Å². The van der Waals surface area contributed by atoms with Crippen LogP contribution in [0.25, 0.3) is 6.08 Å². The lowest BCUT2D eigenvalue weighted by Gasteiger charge is -2.16. The van der Waals surface area contributed by atoms with E-state index in [0.29, 0.717) is 11.6 Å². The zero-order valence-corrected chi connectivity index (χ0v) is 14.0. The molecule has 1 aromatic rings. The quantitative estimate of drug-likeness (QED) is 0.748. The molecule has 0 spiro atoms. The zero-order chi connectivity index (χ0) is 16.1. The molecule has 1 aromatic carbocycles. The third-order valence-electron chi connectivity index (χ3n) is 3.97. The topological polar surface area (TPSA) is 29.5 Å². The number of aromatic hydroxyl groups is 1. The van der Waals surface area contributed by atoms with Crippen molar-refractivity contribution in [1.29, 1.82) is 0 Å². The van der Waals surface area contributed by atoms with Gasteiger partial charge in [0.05, 0.1) is 17.7 Å². The van der Waals surface area contributed by atoms with Crippen molar-refractivity contribution in [1.82, 2.24) is 0 Å². The average Bonchev–Trinajstić information content (AvgIpc) is 2.94. The summed E-state index contributed by atoms with van der Waals surface area (Å²) in [4.78, 5) is 0. The van der Waals surface area contributed by atoms with Gasteiger partial charge in [0.25, 0.3) is 0 Å². The largest absolute Gasteiger partial charge is 0.508 e. The Labute approximate surface area is 137 Å². The monoisotopic (exact) mass is 318 g/mol. The molecule has 2 nitrogen and oxygen atoms in total. The highest BCUT2D eigenvalue weighted by Crippen LogP contribution is 2.29. The fourth-order valence-electron chi connectivity index (χ4n) is 2.68. The number of hydrogen-bond acceptors (Lipinski definition) is 2. The molecule has 2 rings (SSSR count). The van der Waals surface area contributed by atoms with Gasteiger partial charge in [-0.2, -0.15) is 0 Å². The molecule has 0 saturated heterocycles. The van der Waals surface area contributed by atoms with Crippen LogP contribution in [0, 0.1) is 0 Å². The predicted octanol–water partition coefficient (Wildman–Crippen LogP) is 5.52. The number of ether oxygens (including phenoxy) is 1. The molecule has 0 aromatic heterocycles. The molecule has 118 valence electrons. The van der Waals surface area contributed by atoms with Crippen molar-refractivity contribution in [3.8, 4) is 5.75 Å². The maximum absolute atomic E-state index is 9.42. The van der Waals surface area contributed by atoms with Crippen molar-refractivity contribution < 1.29 is 9.84 Å². The van der Waals surface area contributed by atoms with Gasteiger partial charge < -0.3 is 9.84 Å². The molecule has 22 heavy (non-hydrogen) atoms. The second-order valence-electron chi connectivity index (χ2n) is 5.66. The van der Waals surface area contributed by atoms with E-state index in [4.69, 9.17) is 16.3 Å². The lowest BCUT2D eigenvalue weighted by atomic mass is 9.96. The molecule has 1 unspecified atom stereocenters. The lowest BCUT2D eigenvalue weighted by Crippen LogP contribution is -2.11. The number of benzene rings is 1. The van der Waals surface area contributed by atoms with Gasteiger partial charge in [0, 0.05) is 0 Å². The fraction of sp³-hybridized carbons (Fsp3) is 0.368. The Morgan fingerprint density at radius 3 is 2.91 bits per heavy atom. The third kappa shape index (κ3) is 4.25. The molecule has 0 radical (unpaired) electrons. The van der Waals surface area contributed by atoms with E-state index in [-0.39, 0.29) is 11.9 Å². The minimum absolute atomic E-state index is 0.155. The van der Waals surface area contributed by atoms with Crippen LogP contribution in [-0.4, -0.2) is 17.8 Å². The van der Waals surface area contributed by atoms with E-state index < -0.39 is 0 Å². The predicted molar refractivity (Wildman–Crippen MR) is 93.3 cm³/mol. The van der Waals surface area contributed by atoms with Crippen LogP contribution in [0.1, 0.15) is 38.7 Å². The molecule has 0 fully saturated rings. The zero-order valence-electron chi connectivity index (χ0n) is 13.2. The SMILES string of the molecule is C=C(C)C1=CCOC1CC/C(=C/c1ccc(O)cc1Cl)CC. The molecule has 1 aliphatic rings. The Bertz CT molecular complexity index is 614. The minimum atomic E-state index is 0.155. The molecular weight excluding hydrogens is 296 g/mol. The highest BCUT2D eigenvalue weighted by atomic mass is 35.5. The average molecular weight is 319 g/mol. The summed E-state index contributed by atoms with van der Waals surface area (Å²) in [5, 5.41) is 10.00. The third-order valence-corrected chi connectivity index (χ3v) is 4.29. The number of rotatable bonds is 6. The first-order chi connectivity index (χ1) is 10.5. The molecular formula is C19H23ClO2. The van der Waals surface area contributed by atoms with Gasteiger partial charge in [-0.25, -0.2) is 0 Å². The van der Waals surface area contributed by atoms with Crippen LogP contribution in [0.4, 0.5) is 0 Å². The number of hydrogen-bond donors (Lipinski definition) is 1. The van der Waals surface area contributed by atoms with E-state index in [1.165, 1.54) is 11.1 Å². The fourth-order valence-corrected chi connectivity index (χ4v) is 2.91. The number of phenolic OH excluding ortho intramolecular Hbond substituents is 1. The van der Waals surface area contributed by atoms with Crippen molar-refractivity contribution in [2.75, 3.05) is 6.61 Å². The Hall–Kier alpha value is -1.51. The first-order valence-corrected chi connectivity index (χ1v) is 8.04. The molecule has 0 bridgehead atoms. The molecule has 0 amide bonds. The maximum Gasteiger partial charge on any atom is 0.117 e. The van der Waals surface area contributed by atoms with E-state index >= 15 is 0 Å². The smallest absolute Gasteiger partial charge is 0.117 e. The first kappa shape index (κ1) is 16.9. The van der Waals surface area contributed by atoms with Crippen LogP contribution < -0.4 is 0 Å². The van der Waals surface area contributed by atoms with E-state index in [1.54, 1.807) is 12.1 Å². The molecule has 1 aliphatic heterocycles. The van der Waals surface area contributed by atoms with Crippen LogP contribution in [0.5, 0.6) is 5.75 Å². The molecule has 1 heterocycles. The minimum Gasteiger partial charge on any atom is -0.508 e. The van der Waals surface area contributed by atoms with Crippen molar-refractivity contribution in [3.63, 3.8) is 0 Å². The summed E-state index contributed by atoms with van der Waals surface area (Å²) in [5.41, 5.74) is 4.59. The molecule has 0 aliphatic carbocycles. The van der Waals surface area contributed by atoms with E-state index in [1.807, 2.05) is 13.0 Å². The lowest BCUT2D eigenvalue weighted by molar-refractivity contribution is 0.116. The van der Waals surface area contributed by atoms with Crippen molar-refractivity contribution in [3.05, 3.63) is 58.2 Å². The second-order valence-corrected chi connectivity index (χ2v) is 6.07. The summed E-state index contributed by atoms with van der Waals surface area (Å²) < 4.78 is 5.77. The number of allylic oxidation sites excluding steroid dienone is 1. The summed E-state index contributed by atoms with van der Waals surface area (Å²) in [7, 11) is 0. The van der Waals surface area contributed by atoms with Crippen molar-refractivity contribution in [2.24, 2.45) is 0 Å². The Balaban J connectivity index is 2.05. The van der Waals surface area contributed by atoms with Gasteiger partial charge in [-0.3, -0.25) is 0 Å². The summed E-state index contributed by atoms with van der Waals surface area (Å²) >= 11 is 6.17. The van der Waals surface area contributed by atoms with Crippen molar-refractivity contribution in [2.45, 2.75) is 39.2 Å². The van der Waals surface area contributed by atoms with Crippen LogP contribution in [-0.2, 0) is 4.74 Å². The summed E-state index contributed by atoms with van der Waals surface area (Å²) in [6, 6.07) is 5.08. The second kappa shape index (κ2) is 7.66. The molecule has 1 atom stereocenters.